The van der Waals surface area contributed by atoms with E-state index < -0.39 is 0 Å². The number of benzene rings is 1. The Balaban J connectivity index is 1.77. The third kappa shape index (κ3) is 5.15. The highest BCUT2D eigenvalue weighted by Gasteiger charge is 2.04. The lowest BCUT2D eigenvalue weighted by atomic mass is 10.0. The molecule has 1 heterocycles. The normalized spacial score (nSPS) is 10.8. The third-order valence-electron chi connectivity index (χ3n) is 3.62. The van der Waals surface area contributed by atoms with E-state index in [0.29, 0.717) is 5.69 Å². The van der Waals surface area contributed by atoms with Gasteiger partial charge in [0.25, 0.3) is 0 Å². The molecule has 3 heteroatoms. The maximum Gasteiger partial charge on any atom is 0.141 e. The van der Waals surface area contributed by atoms with E-state index in [9.17, 15) is 5.11 Å². The molecule has 1 aromatic carbocycles. The summed E-state index contributed by atoms with van der Waals surface area (Å²) in [5.74, 6) is 0.224. The highest BCUT2D eigenvalue weighted by atomic mass is 16.5. The minimum absolute atomic E-state index is 0.224. The summed E-state index contributed by atoms with van der Waals surface area (Å²) in [6.07, 6.45) is 7.40. The summed E-state index contributed by atoms with van der Waals surface area (Å²) in [5, 5.41) is 9.82. The first-order valence-corrected chi connectivity index (χ1v) is 8.12. The van der Waals surface area contributed by atoms with E-state index >= 15 is 0 Å². The molecule has 2 aromatic rings. The number of pyridine rings is 1. The first-order valence-electron chi connectivity index (χ1n) is 8.12. The lowest BCUT2D eigenvalue weighted by molar-refractivity contribution is 0.130. The summed E-state index contributed by atoms with van der Waals surface area (Å²) in [7, 11) is 0. The molecule has 0 aliphatic rings. The van der Waals surface area contributed by atoms with Crippen molar-refractivity contribution in [2.75, 3.05) is 13.2 Å². The molecule has 3 nitrogen and oxygen atoms in total. The molecule has 0 spiro atoms. The second-order valence-electron chi connectivity index (χ2n) is 5.49. The Bertz CT molecular complexity index is 552. The van der Waals surface area contributed by atoms with E-state index in [2.05, 4.69) is 24.0 Å². The summed E-state index contributed by atoms with van der Waals surface area (Å²) in [4.78, 5) is 4.23. The van der Waals surface area contributed by atoms with Crippen molar-refractivity contribution in [2.24, 2.45) is 0 Å². The van der Waals surface area contributed by atoms with Gasteiger partial charge in [-0.2, -0.15) is 0 Å². The van der Waals surface area contributed by atoms with Gasteiger partial charge < -0.3 is 9.84 Å². The summed E-state index contributed by atoms with van der Waals surface area (Å²) in [5.41, 5.74) is 2.92. The molecular weight excluding hydrogens is 274 g/mol. The third-order valence-corrected chi connectivity index (χ3v) is 3.62. The molecule has 0 amide bonds. The van der Waals surface area contributed by atoms with Crippen LogP contribution in [-0.2, 0) is 11.2 Å². The number of aromatic hydroxyl groups is 1. The molecule has 0 saturated carbocycles. The maximum atomic E-state index is 9.82. The van der Waals surface area contributed by atoms with Crippen LogP contribution in [-0.4, -0.2) is 23.3 Å². The zero-order chi connectivity index (χ0) is 15.6. The molecule has 0 radical (unpaired) electrons. The highest BCUT2D eigenvalue weighted by molar-refractivity contribution is 5.65. The van der Waals surface area contributed by atoms with Gasteiger partial charge in [-0.15, -0.1) is 0 Å². The van der Waals surface area contributed by atoms with Gasteiger partial charge >= 0.3 is 0 Å². The number of aromatic nitrogens is 1. The fourth-order valence-corrected chi connectivity index (χ4v) is 2.40. The number of nitrogens with zero attached hydrogens (tertiary/aromatic N) is 1. The number of unbranched alkanes of at least 4 members (excludes halogenated alkanes) is 2. The van der Waals surface area contributed by atoms with Gasteiger partial charge in [-0.3, -0.25) is 4.98 Å². The van der Waals surface area contributed by atoms with Crippen molar-refractivity contribution in [3.63, 3.8) is 0 Å². The molecule has 0 aliphatic carbocycles. The van der Waals surface area contributed by atoms with Gasteiger partial charge in [0, 0.05) is 25.0 Å². The van der Waals surface area contributed by atoms with E-state index in [-0.39, 0.29) is 5.75 Å². The van der Waals surface area contributed by atoms with E-state index in [1.807, 2.05) is 12.1 Å². The van der Waals surface area contributed by atoms with Crippen LogP contribution < -0.4 is 0 Å². The van der Waals surface area contributed by atoms with E-state index in [4.69, 9.17) is 4.74 Å². The largest absolute Gasteiger partial charge is 0.506 e. The van der Waals surface area contributed by atoms with Crippen LogP contribution in [0.5, 0.6) is 5.75 Å². The lowest BCUT2D eigenvalue weighted by Crippen LogP contribution is -1.96. The Morgan fingerprint density at radius 3 is 2.55 bits per heavy atom. The van der Waals surface area contributed by atoms with Crippen LogP contribution in [0.15, 0.2) is 42.6 Å². The average molecular weight is 299 g/mol. The summed E-state index contributed by atoms with van der Waals surface area (Å²) in [6.45, 7) is 3.89. The molecule has 0 atom stereocenters. The second-order valence-corrected chi connectivity index (χ2v) is 5.49. The van der Waals surface area contributed by atoms with Crippen molar-refractivity contribution < 1.29 is 9.84 Å². The fraction of sp³-hybridized carbons (Fsp3) is 0.421. The standard InChI is InChI=1S/C19H25NO2/c1-2-14-22-15-5-3-4-7-16-9-11-17(12-10-16)19-18(21)8-6-13-20-19/h6,8-13,21H,2-5,7,14-15H2,1H3. The highest BCUT2D eigenvalue weighted by Crippen LogP contribution is 2.26. The molecule has 1 aromatic heterocycles. The van der Waals surface area contributed by atoms with Crippen LogP contribution in [0.25, 0.3) is 11.3 Å². The minimum atomic E-state index is 0.224. The molecular formula is C19H25NO2. The Labute approximate surface area is 133 Å². The SMILES string of the molecule is CCCOCCCCCc1ccc(-c2ncccc2O)cc1. The second kappa shape index (κ2) is 9.21. The Hall–Kier alpha value is -1.87. The molecule has 0 unspecified atom stereocenters. The Morgan fingerprint density at radius 1 is 1.00 bits per heavy atom. The lowest BCUT2D eigenvalue weighted by Gasteiger charge is -2.06. The molecule has 2 rings (SSSR count). The van der Waals surface area contributed by atoms with Crippen molar-refractivity contribution >= 4 is 0 Å². The quantitative estimate of drug-likeness (QED) is 0.688. The van der Waals surface area contributed by atoms with Crippen LogP contribution in [0.4, 0.5) is 0 Å². The van der Waals surface area contributed by atoms with Crippen LogP contribution in [0, 0.1) is 0 Å². The van der Waals surface area contributed by atoms with Crippen molar-refractivity contribution in [2.45, 2.75) is 39.0 Å². The smallest absolute Gasteiger partial charge is 0.141 e. The van der Waals surface area contributed by atoms with Crippen molar-refractivity contribution in [1.29, 1.82) is 0 Å². The average Bonchev–Trinajstić information content (AvgIpc) is 2.55. The van der Waals surface area contributed by atoms with E-state index in [1.165, 1.54) is 18.4 Å². The van der Waals surface area contributed by atoms with Gasteiger partial charge in [0.1, 0.15) is 11.4 Å². The van der Waals surface area contributed by atoms with Gasteiger partial charge in [-0.25, -0.2) is 0 Å². The Morgan fingerprint density at radius 2 is 1.82 bits per heavy atom. The predicted octanol–water partition coefficient (Wildman–Crippen LogP) is 4.59. The van der Waals surface area contributed by atoms with Gasteiger partial charge in [0.05, 0.1) is 0 Å². The monoisotopic (exact) mass is 299 g/mol. The van der Waals surface area contributed by atoms with Gasteiger partial charge in [0.2, 0.25) is 0 Å². The number of ether oxygens (including phenoxy) is 1. The van der Waals surface area contributed by atoms with Gasteiger partial charge in [-0.1, -0.05) is 37.6 Å². The minimum Gasteiger partial charge on any atom is -0.506 e. The zero-order valence-corrected chi connectivity index (χ0v) is 13.3. The molecule has 0 bridgehead atoms. The van der Waals surface area contributed by atoms with E-state index in [0.717, 1.165) is 38.0 Å². The molecule has 22 heavy (non-hydrogen) atoms. The maximum absolute atomic E-state index is 9.82. The molecule has 0 aliphatic heterocycles. The van der Waals surface area contributed by atoms with Gasteiger partial charge in [-0.05, 0) is 43.4 Å². The van der Waals surface area contributed by atoms with Crippen LogP contribution in [0.3, 0.4) is 0 Å². The molecule has 0 saturated heterocycles. The number of rotatable bonds is 9. The number of hydrogen-bond donors (Lipinski definition) is 1. The van der Waals surface area contributed by atoms with Crippen LogP contribution in [0.1, 0.15) is 38.2 Å². The van der Waals surface area contributed by atoms with E-state index in [1.54, 1.807) is 18.3 Å². The van der Waals surface area contributed by atoms with Crippen LogP contribution >= 0.6 is 0 Å². The molecule has 118 valence electrons. The van der Waals surface area contributed by atoms with Gasteiger partial charge in [0.15, 0.2) is 0 Å². The number of hydrogen-bond acceptors (Lipinski definition) is 3. The van der Waals surface area contributed by atoms with Crippen molar-refractivity contribution in [3.05, 3.63) is 48.2 Å². The first-order chi connectivity index (χ1) is 10.8. The first kappa shape index (κ1) is 16.5. The molecule has 0 fully saturated rings. The fourth-order valence-electron chi connectivity index (χ4n) is 2.40. The number of aryl methyl sites for hydroxylation is 1. The predicted molar refractivity (Wildman–Crippen MR) is 90.0 cm³/mol. The summed E-state index contributed by atoms with van der Waals surface area (Å²) >= 11 is 0. The summed E-state index contributed by atoms with van der Waals surface area (Å²) < 4.78 is 5.48. The van der Waals surface area contributed by atoms with Crippen LogP contribution in [0.2, 0.25) is 0 Å². The topological polar surface area (TPSA) is 42.4 Å². The van der Waals surface area contributed by atoms with Crippen molar-refractivity contribution in [1.82, 2.24) is 4.98 Å². The Kier molecular flexibility index (Phi) is 6.91. The zero-order valence-electron chi connectivity index (χ0n) is 13.3. The van der Waals surface area contributed by atoms with Crippen molar-refractivity contribution in [3.8, 4) is 17.0 Å². The summed E-state index contributed by atoms with van der Waals surface area (Å²) in [6, 6.07) is 11.7. The molecule has 1 N–H and O–H groups in total.